The molecule has 1 amide bonds. The molecule has 1 aliphatic rings. The van der Waals surface area contributed by atoms with Crippen LogP contribution in [0, 0.1) is 10.1 Å². The summed E-state index contributed by atoms with van der Waals surface area (Å²) in [6.07, 6.45) is 4.40. The van der Waals surface area contributed by atoms with Crippen molar-refractivity contribution in [3.05, 3.63) is 68.0 Å². The van der Waals surface area contributed by atoms with Crippen molar-refractivity contribution in [2.45, 2.75) is 39.2 Å². The lowest BCUT2D eigenvalue weighted by Crippen LogP contribution is -2.20. The molecular weight excluding hydrogens is 402 g/mol. The third-order valence-electron chi connectivity index (χ3n) is 5.33. The fourth-order valence-electron chi connectivity index (χ4n) is 3.79. The van der Waals surface area contributed by atoms with Crippen LogP contribution in [0.2, 0.25) is 0 Å². The molecule has 0 spiro atoms. The van der Waals surface area contributed by atoms with Crippen molar-refractivity contribution >= 4 is 33.1 Å². The molecule has 1 aromatic heterocycles. The Labute approximate surface area is 177 Å². The molecule has 30 heavy (non-hydrogen) atoms. The summed E-state index contributed by atoms with van der Waals surface area (Å²) in [5.74, 6) is -0.297. The van der Waals surface area contributed by atoms with Crippen LogP contribution in [0.4, 0.5) is 5.69 Å². The molecule has 0 radical (unpaired) electrons. The Morgan fingerprint density at radius 1 is 1.20 bits per heavy atom. The van der Waals surface area contributed by atoms with E-state index >= 15 is 0 Å². The zero-order valence-corrected chi connectivity index (χ0v) is 17.6. The number of carbonyl (C=O) groups excluding carboxylic acids is 1. The SMILES string of the molecule is CCOCCn1c(=NC(=O)c2ccc3c(c2)CCCC3)sc2ccc([N+](=O)[O-])cc21. The molecule has 0 atom stereocenters. The van der Waals surface area contributed by atoms with Crippen LogP contribution in [0.15, 0.2) is 41.4 Å². The molecule has 7 nitrogen and oxygen atoms in total. The van der Waals surface area contributed by atoms with Crippen LogP contribution < -0.4 is 4.80 Å². The van der Waals surface area contributed by atoms with Crippen molar-refractivity contribution in [3.63, 3.8) is 0 Å². The molecule has 0 bridgehead atoms. The summed E-state index contributed by atoms with van der Waals surface area (Å²) < 4.78 is 8.14. The van der Waals surface area contributed by atoms with Crippen molar-refractivity contribution in [2.24, 2.45) is 4.99 Å². The predicted octanol–water partition coefficient (Wildman–Crippen LogP) is 4.27. The summed E-state index contributed by atoms with van der Waals surface area (Å²) in [4.78, 5) is 28.6. The first-order valence-electron chi connectivity index (χ1n) is 10.1. The van der Waals surface area contributed by atoms with Crippen molar-refractivity contribution in [2.75, 3.05) is 13.2 Å². The second-order valence-electron chi connectivity index (χ2n) is 7.25. The zero-order chi connectivity index (χ0) is 21.1. The van der Waals surface area contributed by atoms with Gasteiger partial charge in [0.05, 0.1) is 21.7 Å². The molecule has 0 saturated heterocycles. The van der Waals surface area contributed by atoms with E-state index in [2.05, 4.69) is 4.99 Å². The molecule has 4 rings (SSSR count). The fourth-order valence-corrected chi connectivity index (χ4v) is 4.83. The highest BCUT2D eigenvalue weighted by atomic mass is 32.1. The molecule has 0 N–H and O–H groups in total. The maximum absolute atomic E-state index is 12.9. The minimum absolute atomic E-state index is 0.0121. The van der Waals surface area contributed by atoms with Gasteiger partial charge in [-0.1, -0.05) is 17.4 Å². The highest BCUT2D eigenvalue weighted by molar-refractivity contribution is 7.16. The van der Waals surface area contributed by atoms with Crippen LogP contribution in [-0.2, 0) is 24.1 Å². The molecule has 0 aliphatic heterocycles. The third kappa shape index (κ3) is 4.20. The average Bonchev–Trinajstić information content (AvgIpc) is 3.09. The number of fused-ring (bicyclic) bond motifs is 2. The van der Waals surface area contributed by atoms with E-state index in [9.17, 15) is 14.9 Å². The second-order valence-corrected chi connectivity index (χ2v) is 8.26. The largest absolute Gasteiger partial charge is 0.380 e. The normalized spacial score (nSPS) is 14.1. The van der Waals surface area contributed by atoms with E-state index in [0.29, 0.717) is 35.6 Å². The van der Waals surface area contributed by atoms with Gasteiger partial charge in [0.1, 0.15) is 0 Å². The standard InChI is InChI=1S/C22H23N3O4S/c1-2-29-12-11-24-19-14-18(25(27)28)9-10-20(19)30-22(24)23-21(26)17-8-7-15-5-3-4-6-16(15)13-17/h7-10,13-14H,2-6,11-12H2,1H3. The van der Waals surface area contributed by atoms with Gasteiger partial charge in [-0.3, -0.25) is 14.9 Å². The van der Waals surface area contributed by atoms with E-state index in [0.717, 1.165) is 24.0 Å². The Hall–Kier alpha value is -2.84. The highest BCUT2D eigenvalue weighted by Gasteiger charge is 2.15. The first kappa shape index (κ1) is 20.4. The minimum Gasteiger partial charge on any atom is -0.380 e. The molecule has 0 fully saturated rings. The lowest BCUT2D eigenvalue weighted by Gasteiger charge is -2.15. The number of ether oxygens (including phenoxy) is 1. The smallest absolute Gasteiger partial charge is 0.279 e. The first-order chi connectivity index (χ1) is 14.6. The third-order valence-corrected chi connectivity index (χ3v) is 6.39. The van der Waals surface area contributed by atoms with Crippen LogP contribution in [0.25, 0.3) is 10.2 Å². The Morgan fingerprint density at radius 2 is 2.00 bits per heavy atom. The van der Waals surface area contributed by atoms with Gasteiger partial charge in [0.2, 0.25) is 0 Å². The highest BCUT2D eigenvalue weighted by Crippen LogP contribution is 2.24. The molecule has 2 aromatic carbocycles. The summed E-state index contributed by atoms with van der Waals surface area (Å²) in [6, 6.07) is 10.6. The van der Waals surface area contributed by atoms with Gasteiger partial charge in [0.25, 0.3) is 11.6 Å². The number of aromatic nitrogens is 1. The van der Waals surface area contributed by atoms with Crippen molar-refractivity contribution in [1.82, 2.24) is 4.57 Å². The molecule has 1 heterocycles. The lowest BCUT2D eigenvalue weighted by atomic mass is 9.90. The molecule has 8 heteroatoms. The Kier molecular flexibility index (Phi) is 6.06. The number of hydrogen-bond acceptors (Lipinski definition) is 5. The fraction of sp³-hybridized carbons (Fsp3) is 0.364. The number of hydrogen-bond donors (Lipinski definition) is 0. The summed E-state index contributed by atoms with van der Waals surface area (Å²) >= 11 is 1.35. The lowest BCUT2D eigenvalue weighted by molar-refractivity contribution is -0.384. The average molecular weight is 426 g/mol. The van der Waals surface area contributed by atoms with Crippen LogP contribution >= 0.6 is 11.3 Å². The number of rotatable bonds is 6. The quantitative estimate of drug-likeness (QED) is 0.335. The van der Waals surface area contributed by atoms with Gasteiger partial charge in [-0.25, -0.2) is 0 Å². The Morgan fingerprint density at radius 3 is 2.77 bits per heavy atom. The molecule has 3 aromatic rings. The number of nitrogens with zero attached hydrogens (tertiary/aromatic N) is 3. The van der Waals surface area contributed by atoms with E-state index in [1.165, 1.54) is 41.0 Å². The number of amides is 1. The van der Waals surface area contributed by atoms with Crippen LogP contribution in [-0.4, -0.2) is 28.6 Å². The Bertz CT molecular complexity index is 1180. The maximum atomic E-state index is 12.9. The van der Waals surface area contributed by atoms with E-state index < -0.39 is 4.92 Å². The monoisotopic (exact) mass is 425 g/mol. The van der Waals surface area contributed by atoms with E-state index in [4.69, 9.17) is 4.74 Å². The number of benzene rings is 2. The van der Waals surface area contributed by atoms with Crippen LogP contribution in [0.5, 0.6) is 0 Å². The number of nitro benzene ring substituents is 1. The summed E-state index contributed by atoms with van der Waals surface area (Å²) in [6.45, 7) is 3.38. The minimum atomic E-state index is -0.418. The van der Waals surface area contributed by atoms with Crippen LogP contribution in [0.1, 0.15) is 41.3 Å². The van der Waals surface area contributed by atoms with Crippen LogP contribution in [0.3, 0.4) is 0 Å². The van der Waals surface area contributed by atoms with Gasteiger partial charge < -0.3 is 9.30 Å². The number of non-ortho nitro benzene ring substituents is 1. The van der Waals surface area contributed by atoms with E-state index in [-0.39, 0.29) is 11.6 Å². The maximum Gasteiger partial charge on any atom is 0.279 e. The molecule has 1 aliphatic carbocycles. The van der Waals surface area contributed by atoms with Crippen molar-refractivity contribution in [1.29, 1.82) is 0 Å². The van der Waals surface area contributed by atoms with Gasteiger partial charge in [0, 0.05) is 30.8 Å². The molecule has 0 unspecified atom stereocenters. The van der Waals surface area contributed by atoms with Gasteiger partial charge in [0.15, 0.2) is 4.80 Å². The van der Waals surface area contributed by atoms with Gasteiger partial charge in [-0.15, -0.1) is 0 Å². The van der Waals surface area contributed by atoms with Crippen molar-refractivity contribution < 1.29 is 14.5 Å². The summed E-state index contributed by atoms with van der Waals surface area (Å²) in [5, 5.41) is 11.2. The van der Waals surface area contributed by atoms with Gasteiger partial charge >= 0.3 is 0 Å². The summed E-state index contributed by atoms with van der Waals surface area (Å²) in [7, 11) is 0. The number of nitro groups is 1. The van der Waals surface area contributed by atoms with E-state index in [1.807, 2.05) is 29.7 Å². The van der Waals surface area contributed by atoms with Crippen molar-refractivity contribution in [3.8, 4) is 0 Å². The molecular formula is C22H23N3O4S. The molecule has 0 saturated carbocycles. The Balaban J connectivity index is 1.76. The summed E-state index contributed by atoms with van der Waals surface area (Å²) in [5.41, 5.74) is 3.83. The second kappa shape index (κ2) is 8.89. The first-order valence-corrected chi connectivity index (χ1v) is 10.9. The van der Waals surface area contributed by atoms with E-state index in [1.54, 1.807) is 6.07 Å². The van der Waals surface area contributed by atoms with Gasteiger partial charge in [-0.05, 0) is 61.9 Å². The zero-order valence-electron chi connectivity index (χ0n) is 16.8. The topological polar surface area (TPSA) is 86.7 Å². The number of thiazole rings is 1. The number of aryl methyl sites for hydroxylation is 2. The van der Waals surface area contributed by atoms with Gasteiger partial charge in [-0.2, -0.15) is 4.99 Å². The predicted molar refractivity (Wildman–Crippen MR) is 116 cm³/mol. The number of carbonyl (C=O) groups is 1. The molecule has 156 valence electrons.